The van der Waals surface area contributed by atoms with Gasteiger partial charge >= 0.3 is 0 Å². The van der Waals surface area contributed by atoms with Gasteiger partial charge in [-0.25, -0.2) is 0 Å². The van der Waals surface area contributed by atoms with E-state index in [2.05, 4.69) is 33.5 Å². The molecule has 2 rings (SSSR count). The van der Waals surface area contributed by atoms with Gasteiger partial charge in [0.2, 0.25) is 0 Å². The lowest BCUT2D eigenvalue weighted by Crippen LogP contribution is -2.28. The van der Waals surface area contributed by atoms with Crippen LogP contribution in [0.5, 0.6) is 5.75 Å². The highest BCUT2D eigenvalue weighted by Gasteiger charge is 2.14. The molecule has 0 aliphatic carbocycles. The van der Waals surface area contributed by atoms with Crippen LogP contribution >= 0.6 is 27.5 Å². The zero-order chi connectivity index (χ0) is 15.2. The first-order valence-electron chi connectivity index (χ1n) is 6.68. The van der Waals surface area contributed by atoms with E-state index in [1.807, 2.05) is 30.3 Å². The maximum atomic E-state index is 6.33. The van der Waals surface area contributed by atoms with E-state index >= 15 is 0 Å². The Balaban J connectivity index is 2.06. The third-order valence-electron chi connectivity index (χ3n) is 3.44. The lowest BCUT2D eigenvalue weighted by atomic mass is 9.99. The van der Waals surface area contributed by atoms with Crippen LogP contribution in [0.15, 0.2) is 46.9 Å². The summed E-state index contributed by atoms with van der Waals surface area (Å²) in [4.78, 5) is 0. The molecular formula is C16H18BrClN2O. The molecule has 0 aliphatic heterocycles. The number of hydrazine groups is 1. The first-order chi connectivity index (χ1) is 10.2. The summed E-state index contributed by atoms with van der Waals surface area (Å²) in [6.07, 6.45) is 1.76. The van der Waals surface area contributed by atoms with Gasteiger partial charge in [0.05, 0.1) is 12.1 Å². The number of hydrogen-bond acceptors (Lipinski definition) is 3. The molecule has 1 unspecified atom stereocenters. The number of halogens is 2. The molecule has 2 aromatic carbocycles. The minimum atomic E-state index is 0.0112. The van der Waals surface area contributed by atoms with Crippen molar-refractivity contribution in [2.45, 2.75) is 18.9 Å². The third-order valence-corrected chi connectivity index (χ3v) is 4.75. The summed E-state index contributed by atoms with van der Waals surface area (Å²) in [5.74, 6) is 6.55. The molecule has 0 aromatic heterocycles. The third kappa shape index (κ3) is 4.20. The van der Waals surface area contributed by atoms with Crippen molar-refractivity contribution in [1.82, 2.24) is 5.43 Å². The van der Waals surface area contributed by atoms with E-state index in [1.54, 1.807) is 7.11 Å². The molecule has 0 spiro atoms. The normalized spacial score (nSPS) is 12.2. The number of aryl methyl sites for hydroxylation is 1. The fraction of sp³-hybridized carbons (Fsp3) is 0.250. The maximum absolute atomic E-state index is 6.33. The van der Waals surface area contributed by atoms with Crippen LogP contribution in [-0.4, -0.2) is 7.11 Å². The Labute approximate surface area is 138 Å². The molecule has 1 atom stereocenters. The predicted octanol–water partition coefficient (Wildman–Crippen LogP) is 4.25. The number of benzene rings is 2. The first kappa shape index (κ1) is 16.3. The van der Waals surface area contributed by atoms with Gasteiger partial charge in [0.25, 0.3) is 0 Å². The Morgan fingerprint density at radius 1 is 1.24 bits per heavy atom. The van der Waals surface area contributed by atoms with Crippen molar-refractivity contribution in [3.63, 3.8) is 0 Å². The lowest BCUT2D eigenvalue weighted by molar-refractivity contribution is 0.414. The molecular weight excluding hydrogens is 352 g/mol. The van der Waals surface area contributed by atoms with Crippen LogP contribution in [0.3, 0.4) is 0 Å². The van der Waals surface area contributed by atoms with Crippen LogP contribution in [0, 0.1) is 0 Å². The second kappa shape index (κ2) is 7.80. The lowest BCUT2D eigenvalue weighted by Gasteiger charge is -2.18. The molecule has 0 heterocycles. The Kier molecular flexibility index (Phi) is 6.06. The van der Waals surface area contributed by atoms with E-state index in [9.17, 15) is 0 Å². The zero-order valence-corrected chi connectivity index (χ0v) is 14.1. The smallest absolute Gasteiger partial charge is 0.118 e. The maximum Gasteiger partial charge on any atom is 0.118 e. The minimum Gasteiger partial charge on any atom is -0.497 e. The van der Waals surface area contributed by atoms with Gasteiger partial charge in [0.15, 0.2) is 0 Å². The van der Waals surface area contributed by atoms with E-state index < -0.39 is 0 Å². The molecule has 3 N–H and O–H groups in total. The molecule has 21 heavy (non-hydrogen) atoms. The van der Waals surface area contributed by atoms with Crippen LogP contribution < -0.4 is 16.0 Å². The number of methoxy groups -OCH3 is 1. The van der Waals surface area contributed by atoms with Crippen LogP contribution in [0.2, 0.25) is 5.02 Å². The average molecular weight is 370 g/mol. The predicted molar refractivity (Wildman–Crippen MR) is 90.5 cm³/mol. The van der Waals surface area contributed by atoms with Crippen molar-refractivity contribution in [2.24, 2.45) is 5.84 Å². The molecule has 0 aliphatic rings. The van der Waals surface area contributed by atoms with Gasteiger partial charge in [-0.3, -0.25) is 11.3 Å². The highest BCUT2D eigenvalue weighted by atomic mass is 79.9. The molecule has 0 bridgehead atoms. The second-order valence-electron chi connectivity index (χ2n) is 4.75. The zero-order valence-electron chi connectivity index (χ0n) is 11.8. The van der Waals surface area contributed by atoms with Gasteiger partial charge in [-0.1, -0.05) is 35.9 Å². The van der Waals surface area contributed by atoms with Crippen molar-refractivity contribution in [2.75, 3.05) is 7.11 Å². The molecule has 3 nitrogen and oxygen atoms in total. The summed E-state index contributed by atoms with van der Waals surface area (Å²) in [6.45, 7) is 0. The molecule has 0 saturated heterocycles. The molecule has 2 aromatic rings. The van der Waals surface area contributed by atoms with Gasteiger partial charge < -0.3 is 4.74 Å². The molecule has 0 amide bonds. The highest BCUT2D eigenvalue weighted by Crippen LogP contribution is 2.31. The van der Waals surface area contributed by atoms with E-state index in [1.165, 1.54) is 5.56 Å². The molecule has 112 valence electrons. The fourth-order valence-electron chi connectivity index (χ4n) is 2.22. The first-order valence-corrected chi connectivity index (χ1v) is 7.85. The van der Waals surface area contributed by atoms with Crippen molar-refractivity contribution < 1.29 is 4.74 Å². The van der Waals surface area contributed by atoms with Crippen molar-refractivity contribution in [3.05, 3.63) is 63.1 Å². The van der Waals surface area contributed by atoms with Gasteiger partial charge in [-0.15, -0.1) is 0 Å². The Bertz CT molecular complexity index is 589. The van der Waals surface area contributed by atoms with Gasteiger partial charge in [0, 0.05) is 10.5 Å². The number of ether oxygens (including phenoxy) is 1. The van der Waals surface area contributed by atoms with Gasteiger partial charge in [0.1, 0.15) is 5.75 Å². The van der Waals surface area contributed by atoms with E-state index in [0.29, 0.717) is 5.02 Å². The summed E-state index contributed by atoms with van der Waals surface area (Å²) in [7, 11) is 1.67. The SMILES string of the molecule is COc1ccc(CCC(NN)c2cccc(Br)c2Cl)cc1. The van der Waals surface area contributed by atoms with E-state index in [0.717, 1.165) is 28.6 Å². The minimum absolute atomic E-state index is 0.0112. The molecule has 0 fully saturated rings. The van der Waals surface area contributed by atoms with Gasteiger partial charge in [-0.05, 0) is 58.1 Å². The largest absolute Gasteiger partial charge is 0.497 e. The van der Waals surface area contributed by atoms with Crippen LogP contribution in [-0.2, 0) is 6.42 Å². The topological polar surface area (TPSA) is 47.3 Å². The van der Waals surface area contributed by atoms with Crippen LogP contribution in [0.4, 0.5) is 0 Å². The summed E-state index contributed by atoms with van der Waals surface area (Å²) >= 11 is 9.77. The van der Waals surface area contributed by atoms with E-state index in [-0.39, 0.29) is 6.04 Å². The second-order valence-corrected chi connectivity index (χ2v) is 5.98. The summed E-state index contributed by atoms with van der Waals surface area (Å²) < 4.78 is 6.04. The monoisotopic (exact) mass is 368 g/mol. The fourth-order valence-corrected chi connectivity index (χ4v) is 2.86. The molecule has 5 heteroatoms. The van der Waals surface area contributed by atoms with Crippen molar-refractivity contribution in [3.8, 4) is 5.75 Å². The Hall–Kier alpha value is -1.07. The Morgan fingerprint density at radius 2 is 1.95 bits per heavy atom. The van der Waals surface area contributed by atoms with Crippen molar-refractivity contribution in [1.29, 1.82) is 0 Å². The molecule has 0 radical (unpaired) electrons. The average Bonchev–Trinajstić information content (AvgIpc) is 2.52. The quantitative estimate of drug-likeness (QED) is 0.591. The summed E-state index contributed by atoms with van der Waals surface area (Å²) in [5.41, 5.74) is 5.09. The number of hydrogen-bond donors (Lipinski definition) is 2. The number of nitrogens with two attached hydrogens (primary N) is 1. The van der Waals surface area contributed by atoms with Crippen molar-refractivity contribution >= 4 is 27.5 Å². The molecule has 0 saturated carbocycles. The number of rotatable bonds is 6. The van der Waals surface area contributed by atoms with Crippen LogP contribution in [0.25, 0.3) is 0 Å². The van der Waals surface area contributed by atoms with Crippen LogP contribution in [0.1, 0.15) is 23.6 Å². The highest BCUT2D eigenvalue weighted by molar-refractivity contribution is 9.10. The summed E-state index contributed by atoms with van der Waals surface area (Å²) in [6, 6.07) is 13.9. The standard InChI is InChI=1S/C16H18BrClN2O/c1-21-12-8-5-11(6-9-12)7-10-15(20-19)13-3-2-4-14(17)16(13)18/h2-6,8-9,15,20H,7,10,19H2,1H3. The number of nitrogens with one attached hydrogen (secondary N) is 1. The Morgan fingerprint density at radius 3 is 2.57 bits per heavy atom. The van der Waals surface area contributed by atoms with Gasteiger partial charge in [-0.2, -0.15) is 0 Å². The summed E-state index contributed by atoms with van der Waals surface area (Å²) in [5, 5.41) is 0.704. The van der Waals surface area contributed by atoms with E-state index in [4.69, 9.17) is 22.2 Å².